The number of aromatic nitrogens is 6. The minimum Gasteiger partial charge on any atom is -0.378 e. The molecule has 2 aromatic carbocycles. The molecule has 0 bridgehead atoms. The van der Waals surface area contributed by atoms with Gasteiger partial charge in [-0.25, -0.2) is 46.6 Å². The molecule has 4 aromatic rings. The summed E-state index contributed by atoms with van der Waals surface area (Å²) in [7, 11) is -9.89. The molecule has 55 heavy (non-hydrogen) atoms. The van der Waals surface area contributed by atoms with E-state index < -0.39 is 20.5 Å². The predicted molar refractivity (Wildman–Crippen MR) is 165 cm³/mol. The van der Waals surface area contributed by atoms with Crippen LogP contribution in [0.3, 0.4) is 0 Å². The first-order chi connectivity index (χ1) is 25.8. The number of nitrogens with zero attached hydrogens (tertiary/aromatic N) is 8. The maximum Gasteiger partial charge on any atom is 2.00 e. The molecule has 309 valence electrons. The van der Waals surface area contributed by atoms with E-state index in [9.17, 15) is 0 Å². The van der Waals surface area contributed by atoms with Crippen molar-refractivity contribution in [2.24, 2.45) is 0 Å². The number of rotatable bonds is 8. The third kappa shape index (κ3) is 25.9. The first kappa shape index (κ1) is 48.4. The second-order valence-electron chi connectivity index (χ2n) is 11.5. The van der Waals surface area contributed by atoms with Gasteiger partial charge in [-0.2, -0.15) is 0 Å². The van der Waals surface area contributed by atoms with Crippen molar-refractivity contribution in [2.75, 3.05) is 79.0 Å². The Morgan fingerprint density at radius 1 is 0.455 bits per heavy atom. The Labute approximate surface area is 333 Å². The minimum absolute atomic E-state index is 0. The van der Waals surface area contributed by atoms with E-state index >= 15 is 0 Å². The van der Waals surface area contributed by atoms with Crippen LogP contribution in [-0.2, 0) is 62.2 Å². The average Bonchev–Trinajstić information content (AvgIpc) is 3.74. The number of hydrogen-bond acceptors (Lipinski definition) is 18. The van der Waals surface area contributed by atoms with Crippen molar-refractivity contribution in [3.63, 3.8) is 0 Å². The second kappa shape index (κ2) is 27.0. The molecule has 23 heteroatoms. The molecule has 0 atom stereocenters. The summed E-state index contributed by atoms with van der Waals surface area (Å²) >= 11 is 0. The van der Waals surface area contributed by atoms with Crippen molar-refractivity contribution in [2.45, 2.75) is 26.2 Å². The fraction of sp³-hybridized carbons (Fsp3) is 0.500. The Balaban J connectivity index is 0.000000844. The SMILES string of the molecule is [Cu+2].[O-][Cl+3]([O-])([O-])[O-].[O-][Cl+3]([O-])([O-])[O-].c1ccc(Cn2cc(CN3CCOCCOCCN(Cc4cn(Cc5ccccc5)nn4)CCOCCOCC3)nn2)cc1. The standard InChI is InChI=1S/C32H44N8O4.2ClHO4.Cu/c1-3-7-29(8-4-1)23-39-27-31(33-35-39)25-37-11-15-41-19-21-43-17-13-38(14-18-44-22-20-42-16-12-37)26-32-28-40(36-34-32)24-30-9-5-2-6-10-30;2*2-1(3,4)5;/h1-10,27-28H,11-26H2;2*(H,2,3,4,5);/q;;;+2/p-2. The molecule has 2 aromatic heterocycles. The molecule has 5 rings (SSSR count). The molecular weight excluding hydrogens is 823 g/mol. The zero-order chi connectivity index (χ0) is 39.1. The van der Waals surface area contributed by atoms with Crippen molar-refractivity contribution in [3.8, 4) is 0 Å². The quantitative estimate of drug-likeness (QED) is 0.149. The third-order valence-corrected chi connectivity index (χ3v) is 7.27. The van der Waals surface area contributed by atoms with Gasteiger partial charge in [0.1, 0.15) is 0 Å². The largest absolute Gasteiger partial charge is 2.00 e. The Bertz CT molecular complexity index is 1390. The van der Waals surface area contributed by atoms with E-state index in [1.54, 1.807) is 0 Å². The fourth-order valence-electron chi connectivity index (χ4n) is 4.93. The van der Waals surface area contributed by atoms with Gasteiger partial charge in [-0.3, -0.25) is 9.80 Å². The summed E-state index contributed by atoms with van der Waals surface area (Å²) in [6.07, 6.45) is 4.02. The van der Waals surface area contributed by atoms with E-state index in [0.717, 1.165) is 37.6 Å². The number of halogens is 2. The number of hydrogen-bond donors (Lipinski definition) is 0. The van der Waals surface area contributed by atoms with E-state index in [1.807, 2.05) is 58.2 Å². The maximum absolute atomic E-state index is 8.49. The van der Waals surface area contributed by atoms with Crippen LogP contribution in [0.15, 0.2) is 73.1 Å². The van der Waals surface area contributed by atoms with Gasteiger partial charge in [0.05, 0.1) is 89.7 Å². The zero-order valence-electron chi connectivity index (χ0n) is 29.8. The van der Waals surface area contributed by atoms with Gasteiger partial charge in [0.25, 0.3) is 0 Å². The van der Waals surface area contributed by atoms with Gasteiger partial charge in [-0.15, -0.1) is 30.7 Å². The second-order valence-corrected chi connectivity index (χ2v) is 13.1. The monoisotopic (exact) mass is 865 g/mol. The molecule has 0 aliphatic carbocycles. The van der Waals surface area contributed by atoms with Crippen LogP contribution in [0.1, 0.15) is 22.5 Å². The first-order valence-electron chi connectivity index (χ1n) is 16.7. The normalized spacial score (nSPS) is 16.3. The van der Waals surface area contributed by atoms with Crippen molar-refractivity contribution in [1.82, 2.24) is 39.8 Å². The maximum atomic E-state index is 8.49. The molecule has 3 heterocycles. The Hall–Kier alpha value is -2.74. The van der Waals surface area contributed by atoms with Gasteiger partial charge in [0, 0.05) is 39.3 Å². The summed E-state index contributed by atoms with van der Waals surface area (Å²) in [5.41, 5.74) is 4.25. The van der Waals surface area contributed by atoms with Crippen LogP contribution in [0.25, 0.3) is 0 Å². The van der Waals surface area contributed by atoms with Gasteiger partial charge in [0.2, 0.25) is 0 Å². The molecular formula is C32H44Cl2CuN8O12. The molecule has 1 saturated heterocycles. The van der Waals surface area contributed by atoms with Gasteiger partial charge in [-0.1, -0.05) is 71.1 Å². The van der Waals surface area contributed by atoms with Crippen LogP contribution in [0.4, 0.5) is 0 Å². The Morgan fingerprint density at radius 2 is 0.745 bits per heavy atom. The summed E-state index contributed by atoms with van der Waals surface area (Å²) in [5, 5.41) is 17.4. The van der Waals surface area contributed by atoms with Crippen LogP contribution in [0.2, 0.25) is 0 Å². The molecule has 0 unspecified atom stereocenters. The summed E-state index contributed by atoms with van der Waals surface area (Å²) < 4.78 is 95.3. The Kier molecular flexibility index (Phi) is 23.8. The predicted octanol–water partition coefficient (Wildman–Crippen LogP) is -7.16. The zero-order valence-corrected chi connectivity index (χ0v) is 32.2. The van der Waals surface area contributed by atoms with E-state index in [1.165, 1.54) is 11.1 Å². The molecule has 1 aliphatic rings. The van der Waals surface area contributed by atoms with E-state index in [-0.39, 0.29) is 17.1 Å². The molecule has 0 amide bonds. The van der Waals surface area contributed by atoms with Crippen LogP contribution in [0, 0.1) is 20.5 Å². The van der Waals surface area contributed by atoms with Gasteiger partial charge in [-0.05, 0) is 11.1 Å². The van der Waals surface area contributed by atoms with Crippen LogP contribution in [-0.4, -0.2) is 119 Å². The van der Waals surface area contributed by atoms with Gasteiger partial charge in [0.15, 0.2) is 0 Å². The molecule has 0 spiro atoms. The van der Waals surface area contributed by atoms with Gasteiger partial charge >= 0.3 is 17.1 Å². The summed E-state index contributed by atoms with van der Waals surface area (Å²) in [4.78, 5) is 4.57. The van der Waals surface area contributed by atoms with Crippen molar-refractivity contribution < 1.29 is 93.8 Å². The average molecular weight is 867 g/mol. The molecule has 1 fully saturated rings. The molecule has 20 nitrogen and oxygen atoms in total. The smallest absolute Gasteiger partial charge is 0.378 e. The van der Waals surface area contributed by atoms with E-state index in [0.29, 0.717) is 79.0 Å². The molecule has 0 N–H and O–H groups in total. The van der Waals surface area contributed by atoms with E-state index in [4.69, 9.17) is 56.2 Å². The molecule has 0 saturated carbocycles. The topological polar surface area (TPSA) is 289 Å². The third-order valence-electron chi connectivity index (χ3n) is 7.27. The summed E-state index contributed by atoms with van der Waals surface area (Å²) in [5.74, 6) is 0. The van der Waals surface area contributed by atoms with Gasteiger partial charge < -0.3 is 18.9 Å². The van der Waals surface area contributed by atoms with Crippen LogP contribution >= 0.6 is 0 Å². The van der Waals surface area contributed by atoms with Crippen LogP contribution < -0.4 is 37.3 Å². The summed E-state index contributed by atoms with van der Waals surface area (Å²) in [6.45, 7) is 10.5. The minimum atomic E-state index is -4.94. The molecule has 1 radical (unpaired) electrons. The van der Waals surface area contributed by atoms with Crippen molar-refractivity contribution >= 4 is 0 Å². The van der Waals surface area contributed by atoms with Crippen molar-refractivity contribution in [1.29, 1.82) is 0 Å². The Morgan fingerprint density at radius 3 is 1.04 bits per heavy atom. The number of ether oxygens (including phenoxy) is 4. The first-order valence-corrected chi connectivity index (χ1v) is 19.1. The molecule has 1 aliphatic heterocycles. The number of benzene rings is 2. The van der Waals surface area contributed by atoms with Crippen molar-refractivity contribution in [3.05, 3.63) is 95.6 Å². The van der Waals surface area contributed by atoms with E-state index in [2.05, 4.69) is 54.7 Å². The van der Waals surface area contributed by atoms with Crippen LogP contribution in [0.5, 0.6) is 0 Å². The summed E-state index contributed by atoms with van der Waals surface area (Å²) in [6, 6.07) is 20.6. The fourth-order valence-corrected chi connectivity index (χ4v) is 4.93.